The van der Waals surface area contributed by atoms with Crippen molar-refractivity contribution < 1.29 is 14.7 Å². The molecule has 0 aliphatic carbocycles. The van der Waals surface area contributed by atoms with Crippen LogP contribution in [0.3, 0.4) is 0 Å². The standard InChI is InChI=1S/C15H17N3O3/c1-4-18-8-11(7-16-18)14(19)17-13-6-12(15(20)21)9(2)5-10(13)3/h5-8H,4H2,1-3H3,(H,17,19)(H,20,21). The molecule has 2 N–H and O–H groups in total. The third-order valence-corrected chi connectivity index (χ3v) is 3.27. The van der Waals surface area contributed by atoms with E-state index in [4.69, 9.17) is 5.11 Å². The topological polar surface area (TPSA) is 84.2 Å². The molecule has 1 amide bonds. The Morgan fingerprint density at radius 3 is 2.57 bits per heavy atom. The number of nitrogens with one attached hydrogen (secondary N) is 1. The van der Waals surface area contributed by atoms with E-state index in [9.17, 15) is 9.59 Å². The molecule has 0 aliphatic rings. The van der Waals surface area contributed by atoms with Crippen molar-refractivity contribution in [2.24, 2.45) is 0 Å². The van der Waals surface area contributed by atoms with Gasteiger partial charge in [-0.3, -0.25) is 9.48 Å². The van der Waals surface area contributed by atoms with Gasteiger partial charge in [0.2, 0.25) is 0 Å². The number of aromatic nitrogens is 2. The Morgan fingerprint density at radius 1 is 1.29 bits per heavy atom. The van der Waals surface area contributed by atoms with Crippen LogP contribution in [-0.2, 0) is 6.54 Å². The average Bonchev–Trinajstić information content (AvgIpc) is 2.90. The minimum Gasteiger partial charge on any atom is -0.478 e. The first-order valence-electron chi connectivity index (χ1n) is 6.60. The second-order valence-electron chi connectivity index (χ2n) is 4.83. The number of anilines is 1. The molecule has 0 spiro atoms. The molecule has 2 aromatic rings. The van der Waals surface area contributed by atoms with Crippen LogP contribution >= 0.6 is 0 Å². The Labute approximate surface area is 122 Å². The van der Waals surface area contributed by atoms with E-state index in [1.165, 1.54) is 12.3 Å². The second-order valence-corrected chi connectivity index (χ2v) is 4.83. The zero-order chi connectivity index (χ0) is 15.6. The average molecular weight is 287 g/mol. The van der Waals surface area contributed by atoms with Crippen LogP contribution in [0.25, 0.3) is 0 Å². The molecule has 6 nitrogen and oxygen atoms in total. The summed E-state index contributed by atoms with van der Waals surface area (Å²) in [5, 5.41) is 15.9. The lowest BCUT2D eigenvalue weighted by Crippen LogP contribution is -2.13. The maximum absolute atomic E-state index is 12.1. The van der Waals surface area contributed by atoms with Gasteiger partial charge < -0.3 is 10.4 Å². The summed E-state index contributed by atoms with van der Waals surface area (Å²) in [6, 6.07) is 3.23. The van der Waals surface area contributed by atoms with Crippen molar-refractivity contribution in [3.8, 4) is 0 Å². The van der Waals surface area contributed by atoms with Gasteiger partial charge in [-0.25, -0.2) is 4.79 Å². The molecule has 0 unspecified atom stereocenters. The number of benzene rings is 1. The first kappa shape index (κ1) is 14.8. The second kappa shape index (κ2) is 5.78. The van der Waals surface area contributed by atoms with Crippen LogP contribution in [0.1, 0.15) is 38.8 Å². The largest absolute Gasteiger partial charge is 0.478 e. The summed E-state index contributed by atoms with van der Waals surface area (Å²) in [5.74, 6) is -1.32. The van der Waals surface area contributed by atoms with Gasteiger partial charge >= 0.3 is 5.97 Å². The van der Waals surface area contributed by atoms with E-state index in [1.807, 2.05) is 13.8 Å². The number of rotatable bonds is 4. The van der Waals surface area contributed by atoms with Crippen molar-refractivity contribution in [1.29, 1.82) is 0 Å². The van der Waals surface area contributed by atoms with Gasteiger partial charge in [0.25, 0.3) is 5.91 Å². The van der Waals surface area contributed by atoms with Gasteiger partial charge in [0.1, 0.15) is 0 Å². The number of carbonyl (C=O) groups excluding carboxylic acids is 1. The lowest BCUT2D eigenvalue weighted by atomic mass is 10.0. The van der Waals surface area contributed by atoms with Crippen LogP contribution in [0, 0.1) is 13.8 Å². The Hall–Kier alpha value is -2.63. The van der Waals surface area contributed by atoms with E-state index < -0.39 is 5.97 Å². The molecule has 1 heterocycles. The van der Waals surface area contributed by atoms with Crippen molar-refractivity contribution >= 4 is 17.6 Å². The maximum atomic E-state index is 12.1. The summed E-state index contributed by atoms with van der Waals surface area (Å²) in [6.45, 7) is 6.16. The summed E-state index contributed by atoms with van der Waals surface area (Å²) < 4.78 is 1.65. The number of hydrogen-bond donors (Lipinski definition) is 2. The number of nitrogens with zero attached hydrogens (tertiary/aromatic N) is 2. The van der Waals surface area contributed by atoms with Crippen LogP contribution in [0.15, 0.2) is 24.5 Å². The van der Waals surface area contributed by atoms with Crippen LogP contribution in [-0.4, -0.2) is 26.8 Å². The molecule has 1 aromatic carbocycles. The van der Waals surface area contributed by atoms with E-state index in [1.54, 1.807) is 23.9 Å². The molecular weight excluding hydrogens is 270 g/mol. The first-order valence-corrected chi connectivity index (χ1v) is 6.60. The van der Waals surface area contributed by atoms with Gasteiger partial charge in [0, 0.05) is 18.4 Å². The highest BCUT2D eigenvalue weighted by Crippen LogP contribution is 2.21. The SMILES string of the molecule is CCn1cc(C(=O)Nc2cc(C(=O)O)c(C)cc2C)cn1. The van der Waals surface area contributed by atoms with E-state index in [0.29, 0.717) is 23.4 Å². The molecule has 0 atom stereocenters. The van der Waals surface area contributed by atoms with E-state index >= 15 is 0 Å². The van der Waals surface area contributed by atoms with Crippen molar-refractivity contribution in [3.63, 3.8) is 0 Å². The summed E-state index contributed by atoms with van der Waals surface area (Å²) in [7, 11) is 0. The van der Waals surface area contributed by atoms with E-state index in [2.05, 4.69) is 10.4 Å². The zero-order valence-corrected chi connectivity index (χ0v) is 12.2. The molecule has 0 saturated heterocycles. The number of hydrogen-bond acceptors (Lipinski definition) is 3. The molecule has 6 heteroatoms. The van der Waals surface area contributed by atoms with Gasteiger partial charge in [-0.05, 0) is 38.0 Å². The Kier molecular flexibility index (Phi) is 4.07. The molecule has 21 heavy (non-hydrogen) atoms. The summed E-state index contributed by atoms with van der Waals surface area (Å²) in [6.07, 6.45) is 3.14. The zero-order valence-electron chi connectivity index (χ0n) is 12.2. The van der Waals surface area contributed by atoms with Crippen LogP contribution in [0.4, 0.5) is 5.69 Å². The number of carboxylic acid groups (broad SMARTS) is 1. The molecule has 0 aliphatic heterocycles. The molecule has 1 aromatic heterocycles. The molecule has 2 rings (SSSR count). The predicted octanol–water partition coefficient (Wildman–Crippen LogP) is 2.47. The van der Waals surface area contributed by atoms with Gasteiger partial charge in [0.15, 0.2) is 0 Å². The highest BCUT2D eigenvalue weighted by Gasteiger charge is 2.14. The minimum absolute atomic E-state index is 0.181. The number of amides is 1. The van der Waals surface area contributed by atoms with E-state index in [0.717, 1.165) is 5.56 Å². The normalized spacial score (nSPS) is 10.4. The highest BCUT2D eigenvalue weighted by atomic mass is 16.4. The Balaban J connectivity index is 2.28. The molecule has 110 valence electrons. The monoisotopic (exact) mass is 287 g/mol. The van der Waals surface area contributed by atoms with Crippen LogP contribution < -0.4 is 5.32 Å². The first-order chi connectivity index (χ1) is 9.92. The third-order valence-electron chi connectivity index (χ3n) is 3.27. The van der Waals surface area contributed by atoms with Crippen LogP contribution in [0.5, 0.6) is 0 Å². The lowest BCUT2D eigenvalue weighted by molar-refractivity contribution is 0.0695. The van der Waals surface area contributed by atoms with Gasteiger partial charge in [-0.2, -0.15) is 5.10 Å². The Bertz CT molecular complexity index is 704. The Morgan fingerprint density at radius 2 is 2.00 bits per heavy atom. The fraction of sp³-hybridized carbons (Fsp3) is 0.267. The molecule has 0 bridgehead atoms. The third kappa shape index (κ3) is 3.10. The summed E-state index contributed by atoms with van der Waals surface area (Å²) in [4.78, 5) is 23.3. The van der Waals surface area contributed by atoms with Crippen LogP contribution in [0.2, 0.25) is 0 Å². The fourth-order valence-corrected chi connectivity index (χ4v) is 2.07. The minimum atomic E-state index is -1.01. The summed E-state index contributed by atoms with van der Waals surface area (Å²) in [5.41, 5.74) is 2.59. The fourth-order valence-electron chi connectivity index (χ4n) is 2.07. The summed E-state index contributed by atoms with van der Waals surface area (Å²) >= 11 is 0. The van der Waals surface area contributed by atoms with Crippen molar-refractivity contribution in [2.75, 3.05) is 5.32 Å². The number of aryl methyl sites for hydroxylation is 3. The number of aromatic carboxylic acids is 1. The quantitative estimate of drug-likeness (QED) is 0.904. The predicted molar refractivity (Wildman–Crippen MR) is 78.7 cm³/mol. The molecule has 0 saturated carbocycles. The van der Waals surface area contributed by atoms with E-state index in [-0.39, 0.29) is 11.5 Å². The lowest BCUT2D eigenvalue weighted by Gasteiger charge is -2.10. The van der Waals surface area contributed by atoms with Gasteiger partial charge in [-0.1, -0.05) is 6.07 Å². The van der Waals surface area contributed by atoms with Crippen molar-refractivity contribution in [1.82, 2.24) is 9.78 Å². The van der Waals surface area contributed by atoms with Crippen molar-refractivity contribution in [2.45, 2.75) is 27.3 Å². The maximum Gasteiger partial charge on any atom is 0.336 e. The number of carbonyl (C=O) groups is 2. The van der Waals surface area contributed by atoms with Gasteiger partial charge in [-0.15, -0.1) is 0 Å². The molecular formula is C15H17N3O3. The van der Waals surface area contributed by atoms with Crippen molar-refractivity contribution in [3.05, 3.63) is 46.8 Å². The van der Waals surface area contributed by atoms with Gasteiger partial charge in [0.05, 0.1) is 17.3 Å². The number of carboxylic acids is 1. The smallest absolute Gasteiger partial charge is 0.336 e. The molecule has 0 fully saturated rings. The molecule has 0 radical (unpaired) electrons. The highest BCUT2D eigenvalue weighted by molar-refractivity contribution is 6.05.